The minimum atomic E-state index is 0.463. The number of nitrogens with zero attached hydrogens (tertiary/aromatic N) is 1. The highest BCUT2D eigenvalue weighted by Gasteiger charge is 1.85. The summed E-state index contributed by atoms with van der Waals surface area (Å²) < 4.78 is 0. The lowest BCUT2D eigenvalue weighted by Gasteiger charge is -1.64. The van der Waals surface area contributed by atoms with Crippen LogP contribution in [0.5, 0.6) is 0 Å². The van der Waals surface area contributed by atoms with Gasteiger partial charge in [0.25, 0.3) is 0 Å². The van der Waals surface area contributed by atoms with Crippen molar-refractivity contribution in [2.24, 2.45) is 0 Å². The van der Waals surface area contributed by atoms with E-state index in [1.165, 1.54) is 11.3 Å². The van der Waals surface area contributed by atoms with Gasteiger partial charge in [0.2, 0.25) is 0 Å². The largest absolute Gasteiger partial charge is 0.296 e. The van der Waals surface area contributed by atoms with Crippen LogP contribution in [0.2, 0.25) is 0 Å². The minimum absolute atomic E-state index is 0.463. The van der Waals surface area contributed by atoms with Gasteiger partial charge in [0.1, 0.15) is 5.69 Å². The van der Waals surface area contributed by atoms with Crippen molar-refractivity contribution in [3.8, 4) is 0 Å². The van der Waals surface area contributed by atoms with E-state index in [0.717, 1.165) is 0 Å². The van der Waals surface area contributed by atoms with Crippen LogP contribution in [0.15, 0.2) is 5.38 Å². The maximum absolute atomic E-state index is 9.79. The number of hydrogen-bond acceptors (Lipinski definition) is 3. The standard InChI is InChI=1S/C4H2NOS/c6-1-4-2-7-3-5-4/h1-2H. The highest BCUT2D eigenvalue weighted by Crippen LogP contribution is 1.94. The molecule has 0 unspecified atom stereocenters. The van der Waals surface area contributed by atoms with Crippen molar-refractivity contribution in [3.63, 3.8) is 0 Å². The molecule has 0 aliphatic carbocycles. The van der Waals surface area contributed by atoms with E-state index >= 15 is 0 Å². The maximum Gasteiger partial charge on any atom is 0.169 e. The molecule has 0 bridgehead atoms. The van der Waals surface area contributed by atoms with Crippen LogP contribution in [0.4, 0.5) is 0 Å². The summed E-state index contributed by atoms with van der Waals surface area (Å²) in [6.07, 6.45) is 0.701. The van der Waals surface area contributed by atoms with Gasteiger partial charge < -0.3 is 0 Å². The molecule has 0 fully saturated rings. The lowest BCUT2D eigenvalue weighted by Crippen LogP contribution is -1.72. The van der Waals surface area contributed by atoms with Gasteiger partial charge in [-0.05, 0) is 0 Å². The summed E-state index contributed by atoms with van der Waals surface area (Å²) >= 11 is 1.30. The molecule has 0 atom stereocenters. The third kappa shape index (κ3) is 0.838. The molecule has 1 aromatic heterocycles. The molecule has 3 heteroatoms. The molecular formula is C4H2NOS. The number of aldehydes is 1. The highest BCUT2D eigenvalue weighted by atomic mass is 32.1. The maximum atomic E-state index is 9.79. The van der Waals surface area contributed by atoms with E-state index in [9.17, 15) is 4.79 Å². The second kappa shape index (κ2) is 1.84. The SMILES string of the molecule is O=Cc1cs[c]n1. The summed E-state index contributed by atoms with van der Waals surface area (Å²) in [5.41, 5.74) is 3.00. The van der Waals surface area contributed by atoms with E-state index < -0.39 is 0 Å². The number of hydrogen-bond donors (Lipinski definition) is 0. The van der Waals surface area contributed by atoms with E-state index in [1.54, 1.807) is 5.38 Å². The van der Waals surface area contributed by atoms with Crippen LogP contribution >= 0.6 is 11.3 Å². The first-order chi connectivity index (χ1) is 3.43. The lowest BCUT2D eigenvalue weighted by molar-refractivity contribution is 0.111. The number of thiazole rings is 1. The van der Waals surface area contributed by atoms with Crippen molar-refractivity contribution in [2.75, 3.05) is 0 Å². The Labute approximate surface area is 44.8 Å². The fourth-order valence-electron chi connectivity index (χ4n) is 0.246. The van der Waals surface area contributed by atoms with Crippen LogP contribution < -0.4 is 0 Å². The lowest BCUT2D eigenvalue weighted by atomic mass is 10.6. The number of carbonyl (C=O) groups is 1. The Kier molecular flexibility index (Phi) is 1.17. The van der Waals surface area contributed by atoms with Crippen LogP contribution in [-0.2, 0) is 0 Å². The molecule has 0 spiro atoms. The van der Waals surface area contributed by atoms with Gasteiger partial charge in [0.15, 0.2) is 11.8 Å². The van der Waals surface area contributed by atoms with Gasteiger partial charge in [0, 0.05) is 5.38 Å². The monoisotopic (exact) mass is 112 g/mol. The molecular weight excluding hydrogens is 110 g/mol. The smallest absolute Gasteiger partial charge is 0.169 e. The predicted molar refractivity (Wildman–Crippen MR) is 26.3 cm³/mol. The van der Waals surface area contributed by atoms with Gasteiger partial charge in [-0.25, -0.2) is 4.98 Å². The van der Waals surface area contributed by atoms with Crippen molar-refractivity contribution in [1.82, 2.24) is 4.98 Å². The zero-order valence-electron chi connectivity index (χ0n) is 3.42. The molecule has 0 aliphatic rings. The zero-order valence-corrected chi connectivity index (χ0v) is 4.23. The molecule has 0 aromatic carbocycles. The first-order valence-electron chi connectivity index (χ1n) is 1.70. The molecule has 1 aromatic rings. The molecule has 0 aliphatic heterocycles. The van der Waals surface area contributed by atoms with E-state index in [2.05, 4.69) is 10.5 Å². The van der Waals surface area contributed by atoms with Crippen molar-refractivity contribution >= 4 is 17.6 Å². The Morgan fingerprint density at radius 1 is 2.00 bits per heavy atom. The molecule has 1 rings (SSSR count). The van der Waals surface area contributed by atoms with Crippen LogP contribution in [-0.4, -0.2) is 11.3 Å². The molecule has 0 saturated carbocycles. The quantitative estimate of drug-likeness (QED) is 0.502. The summed E-state index contributed by atoms with van der Waals surface area (Å²) in [7, 11) is 0. The third-order valence-electron chi connectivity index (χ3n) is 0.528. The number of rotatable bonds is 1. The molecule has 0 N–H and O–H groups in total. The van der Waals surface area contributed by atoms with E-state index in [0.29, 0.717) is 12.0 Å². The van der Waals surface area contributed by atoms with Crippen LogP contribution in [0.1, 0.15) is 10.5 Å². The van der Waals surface area contributed by atoms with Gasteiger partial charge in [-0.15, -0.1) is 11.3 Å². The van der Waals surface area contributed by atoms with Gasteiger partial charge in [-0.1, -0.05) is 0 Å². The van der Waals surface area contributed by atoms with Crippen LogP contribution in [0.3, 0.4) is 0 Å². The Hall–Kier alpha value is -0.700. The molecule has 35 valence electrons. The Morgan fingerprint density at radius 3 is 3.14 bits per heavy atom. The summed E-state index contributed by atoms with van der Waals surface area (Å²) in [6.45, 7) is 0. The van der Waals surface area contributed by atoms with Crippen LogP contribution in [0, 0.1) is 5.51 Å². The average Bonchev–Trinajstić information content (AvgIpc) is 2.14. The molecule has 1 radical (unpaired) electrons. The van der Waals surface area contributed by atoms with E-state index in [-0.39, 0.29) is 0 Å². The summed E-state index contributed by atoms with van der Waals surface area (Å²) in [6, 6.07) is 0. The summed E-state index contributed by atoms with van der Waals surface area (Å²) in [5, 5.41) is 1.65. The Bertz CT molecular complexity index is 147. The summed E-state index contributed by atoms with van der Waals surface area (Å²) in [5.74, 6) is 0. The van der Waals surface area contributed by atoms with Crippen molar-refractivity contribution in [3.05, 3.63) is 16.6 Å². The number of carbonyl (C=O) groups excluding carboxylic acids is 1. The van der Waals surface area contributed by atoms with Gasteiger partial charge in [-0.2, -0.15) is 0 Å². The first kappa shape index (κ1) is 4.46. The van der Waals surface area contributed by atoms with Crippen molar-refractivity contribution < 1.29 is 4.79 Å². The highest BCUT2D eigenvalue weighted by molar-refractivity contribution is 7.07. The second-order valence-corrected chi connectivity index (χ2v) is 1.64. The second-order valence-electron chi connectivity index (χ2n) is 0.982. The number of aromatic nitrogens is 1. The zero-order chi connectivity index (χ0) is 5.11. The summed E-state index contributed by atoms with van der Waals surface area (Å²) in [4.78, 5) is 13.4. The average molecular weight is 112 g/mol. The predicted octanol–water partition coefficient (Wildman–Crippen LogP) is 0.756. The van der Waals surface area contributed by atoms with Crippen LogP contribution in [0.25, 0.3) is 0 Å². The van der Waals surface area contributed by atoms with Gasteiger partial charge >= 0.3 is 0 Å². The molecule has 0 amide bonds. The first-order valence-corrected chi connectivity index (χ1v) is 2.58. The van der Waals surface area contributed by atoms with Gasteiger partial charge in [-0.3, -0.25) is 4.79 Å². The molecule has 7 heavy (non-hydrogen) atoms. The fourth-order valence-corrected chi connectivity index (χ4v) is 0.686. The fraction of sp³-hybridized carbons (Fsp3) is 0. The third-order valence-corrected chi connectivity index (χ3v) is 1.08. The van der Waals surface area contributed by atoms with Crippen molar-refractivity contribution in [1.29, 1.82) is 0 Å². The molecule has 2 nitrogen and oxygen atoms in total. The van der Waals surface area contributed by atoms with E-state index in [4.69, 9.17) is 0 Å². The normalized spacial score (nSPS) is 8.57. The molecule has 1 heterocycles. The Morgan fingerprint density at radius 2 is 2.86 bits per heavy atom. The Balaban J connectivity index is 2.96. The van der Waals surface area contributed by atoms with Crippen molar-refractivity contribution in [2.45, 2.75) is 0 Å². The minimum Gasteiger partial charge on any atom is -0.296 e. The topological polar surface area (TPSA) is 30.0 Å². The van der Waals surface area contributed by atoms with Gasteiger partial charge in [0.05, 0.1) is 0 Å². The van der Waals surface area contributed by atoms with E-state index in [1.807, 2.05) is 0 Å². The molecule has 0 saturated heterocycles.